The Morgan fingerprint density at radius 2 is 1.73 bits per heavy atom. The molecule has 1 aromatic carbocycles. The molecule has 2 fully saturated rings. The number of likely N-dealkylation sites (tertiary alicyclic amines) is 1. The summed E-state index contributed by atoms with van der Waals surface area (Å²) in [5.74, 6) is -3.18. The predicted octanol–water partition coefficient (Wildman–Crippen LogP) is 6.10. The number of esters is 1. The van der Waals surface area contributed by atoms with Gasteiger partial charge in [-0.2, -0.15) is 0 Å². The minimum atomic E-state index is -1.23. The number of fused-ring (bicyclic) bond motifs is 1. The summed E-state index contributed by atoms with van der Waals surface area (Å²) in [6.45, 7) is 12.3. The molecule has 4 rings (SSSR count). The molecule has 2 amide bonds. The van der Waals surface area contributed by atoms with Crippen molar-refractivity contribution in [3.63, 3.8) is 0 Å². The van der Waals surface area contributed by atoms with E-state index in [1.165, 1.54) is 17.2 Å². The third-order valence-electron chi connectivity index (χ3n) is 7.13. The number of nitrogens with zero attached hydrogens (tertiary/aromatic N) is 2. The predicted molar refractivity (Wildman–Crippen MR) is 161 cm³/mol. The van der Waals surface area contributed by atoms with Crippen LogP contribution in [0.2, 0.25) is 0 Å². The molecular formula is C32H41F2N3O7. The summed E-state index contributed by atoms with van der Waals surface area (Å²) in [6, 6.07) is -0.130. The number of carbonyl (C=O) groups excluding carboxylic acids is 3. The van der Waals surface area contributed by atoms with E-state index >= 15 is 4.39 Å². The summed E-state index contributed by atoms with van der Waals surface area (Å²) in [4.78, 5) is 52.8. The lowest BCUT2D eigenvalue weighted by Gasteiger charge is -2.28. The van der Waals surface area contributed by atoms with Crippen LogP contribution in [0.3, 0.4) is 0 Å². The van der Waals surface area contributed by atoms with Crippen LogP contribution in [0.1, 0.15) is 96.1 Å². The van der Waals surface area contributed by atoms with Gasteiger partial charge >= 0.3 is 18.2 Å². The Morgan fingerprint density at radius 1 is 1.07 bits per heavy atom. The smallest absolute Gasteiger partial charge is 0.410 e. The molecule has 0 bridgehead atoms. The van der Waals surface area contributed by atoms with Crippen molar-refractivity contribution in [1.29, 1.82) is 0 Å². The van der Waals surface area contributed by atoms with Crippen LogP contribution in [-0.4, -0.2) is 64.1 Å². The molecule has 2 aliphatic rings. The third kappa shape index (κ3) is 7.75. The number of pyridine rings is 1. The number of carbonyl (C=O) groups is 3. The number of hydrogen-bond donors (Lipinski definition) is 1. The highest BCUT2D eigenvalue weighted by Crippen LogP contribution is 2.39. The van der Waals surface area contributed by atoms with E-state index < -0.39 is 58.5 Å². The number of aromatic nitrogens is 1. The summed E-state index contributed by atoms with van der Waals surface area (Å²) in [5, 5.41) is 2.67. The largest absolute Gasteiger partial charge is 0.462 e. The van der Waals surface area contributed by atoms with E-state index in [9.17, 15) is 23.6 Å². The summed E-state index contributed by atoms with van der Waals surface area (Å²) in [5.41, 5.74) is -2.40. The van der Waals surface area contributed by atoms with Gasteiger partial charge in [0.1, 0.15) is 16.8 Å². The average molecular weight is 618 g/mol. The zero-order chi connectivity index (χ0) is 32.6. The third-order valence-corrected chi connectivity index (χ3v) is 7.13. The number of amides is 2. The Morgan fingerprint density at radius 3 is 2.32 bits per heavy atom. The minimum Gasteiger partial charge on any atom is -0.462 e. The molecule has 1 aliphatic heterocycles. The average Bonchev–Trinajstić information content (AvgIpc) is 3.65. The molecule has 1 saturated heterocycles. The molecular weight excluding hydrogens is 576 g/mol. The second kappa shape index (κ2) is 12.6. The van der Waals surface area contributed by atoms with Crippen LogP contribution >= 0.6 is 0 Å². The fraction of sp³-hybridized carbons (Fsp3) is 0.562. The molecule has 240 valence electrons. The van der Waals surface area contributed by atoms with Crippen LogP contribution in [0.25, 0.3) is 17.0 Å². The second-order valence-corrected chi connectivity index (χ2v) is 13.2. The van der Waals surface area contributed by atoms with Gasteiger partial charge in [-0.05, 0) is 80.2 Å². The molecule has 0 unspecified atom stereocenters. The maximum Gasteiger partial charge on any atom is 0.410 e. The van der Waals surface area contributed by atoms with Gasteiger partial charge < -0.3 is 29.0 Å². The van der Waals surface area contributed by atoms with Gasteiger partial charge in [-0.25, -0.2) is 23.2 Å². The van der Waals surface area contributed by atoms with Crippen molar-refractivity contribution in [2.24, 2.45) is 0 Å². The number of alkyl carbamates (subject to hydrolysis) is 1. The number of benzene rings is 1. The molecule has 0 radical (unpaired) electrons. The van der Waals surface area contributed by atoms with Crippen molar-refractivity contribution in [3.05, 3.63) is 51.3 Å². The number of hydrogen-bond acceptors (Lipinski definition) is 7. The standard InChI is InChI=1S/C32H41F2N3O7/c1-8-42-28(39)23-17-36(19-12-13-19)26-21(25(34)24(33)15-22(26)27(23)38)11-9-10-20-14-18(35-29(40)43-31(2,3)4)16-37(20)30(41)44-32(5,6)7/h9,11,15,17-20H,8,10,12-14,16H2,1-7H3,(H,35,40)/t18-,20+/m1/s1. The van der Waals surface area contributed by atoms with E-state index in [1.54, 1.807) is 59.1 Å². The first kappa shape index (κ1) is 32.9. The van der Waals surface area contributed by atoms with E-state index in [0.29, 0.717) is 6.42 Å². The normalized spacial score (nSPS) is 19.0. The Balaban J connectivity index is 1.67. The molecule has 44 heavy (non-hydrogen) atoms. The fourth-order valence-corrected chi connectivity index (χ4v) is 5.25. The van der Waals surface area contributed by atoms with Gasteiger partial charge in [-0.1, -0.05) is 12.2 Å². The molecule has 2 heterocycles. The van der Waals surface area contributed by atoms with E-state index in [4.69, 9.17) is 14.2 Å². The number of rotatable bonds is 7. The van der Waals surface area contributed by atoms with Crippen LogP contribution < -0.4 is 10.7 Å². The van der Waals surface area contributed by atoms with E-state index in [-0.39, 0.29) is 47.6 Å². The number of halogens is 2. The van der Waals surface area contributed by atoms with Gasteiger partial charge in [-0.3, -0.25) is 4.79 Å². The SMILES string of the molecule is CCOC(=O)c1cn(C2CC2)c2c(C=CC[C@H]3C[C@@H](NC(=O)OC(C)(C)C)CN3C(=O)OC(C)(C)C)c(F)c(F)cc2c1=O. The van der Waals surface area contributed by atoms with E-state index in [1.807, 2.05) is 0 Å². The first-order chi connectivity index (χ1) is 20.5. The molecule has 1 aromatic heterocycles. The Bertz CT molecular complexity index is 1530. The molecule has 2 aromatic rings. The zero-order valence-corrected chi connectivity index (χ0v) is 26.3. The number of ether oxygens (including phenoxy) is 3. The highest BCUT2D eigenvalue weighted by Gasteiger charge is 2.38. The highest BCUT2D eigenvalue weighted by molar-refractivity contribution is 5.96. The summed E-state index contributed by atoms with van der Waals surface area (Å²) in [6.07, 6.45) is 5.27. The Kier molecular flexibility index (Phi) is 9.41. The van der Waals surface area contributed by atoms with Gasteiger partial charge in [0.15, 0.2) is 11.6 Å². The van der Waals surface area contributed by atoms with Gasteiger partial charge in [0.25, 0.3) is 0 Å². The van der Waals surface area contributed by atoms with Crippen molar-refractivity contribution in [2.75, 3.05) is 13.2 Å². The van der Waals surface area contributed by atoms with Crippen molar-refractivity contribution in [1.82, 2.24) is 14.8 Å². The van der Waals surface area contributed by atoms with Gasteiger partial charge in [-0.15, -0.1) is 0 Å². The molecule has 1 N–H and O–H groups in total. The molecule has 2 atom stereocenters. The maximum absolute atomic E-state index is 15.4. The lowest BCUT2D eigenvalue weighted by atomic mass is 10.0. The van der Waals surface area contributed by atoms with Crippen molar-refractivity contribution < 1.29 is 37.4 Å². The lowest BCUT2D eigenvalue weighted by molar-refractivity contribution is 0.0220. The number of nitrogens with one attached hydrogen (secondary N) is 1. The van der Waals surface area contributed by atoms with Gasteiger partial charge in [0.2, 0.25) is 5.43 Å². The van der Waals surface area contributed by atoms with Gasteiger partial charge in [0, 0.05) is 30.4 Å². The lowest BCUT2D eigenvalue weighted by Crippen LogP contribution is -2.43. The highest BCUT2D eigenvalue weighted by atomic mass is 19.2. The zero-order valence-electron chi connectivity index (χ0n) is 26.3. The molecule has 10 nitrogen and oxygen atoms in total. The van der Waals surface area contributed by atoms with Crippen molar-refractivity contribution in [2.45, 2.75) is 103 Å². The topological polar surface area (TPSA) is 116 Å². The van der Waals surface area contributed by atoms with E-state index in [2.05, 4.69) is 5.32 Å². The van der Waals surface area contributed by atoms with Crippen molar-refractivity contribution >= 4 is 35.1 Å². The Hall–Kier alpha value is -3.96. The van der Waals surface area contributed by atoms with Crippen LogP contribution in [-0.2, 0) is 14.2 Å². The van der Waals surface area contributed by atoms with E-state index in [0.717, 1.165) is 18.9 Å². The van der Waals surface area contributed by atoms with Crippen LogP contribution in [0, 0.1) is 11.6 Å². The summed E-state index contributed by atoms with van der Waals surface area (Å²) in [7, 11) is 0. The molecule has 1 aliphatic carbocycles. The maximum atomic E-state index is 15.4. The van der Waals surface area contributed by atoms with Gasteiger partial charge in [0.05, 0.1) is 23.6 Å². The molecule has 12 heteroatoms. The first-order valence-electron chi connectivity index (χ1n) is 14.9. The molecule has 0 spiro atoms. The summed E-state index contributed by atoms with van der Waals surface area (Å²) >= 11 is 0. The Labute approximate surface area is 255 Å². The van der Waals surface area contributed by atoms with Crippen LogP contribution in [0.4, 0.5) is 18.4 Å². The minimum absolute atomic E-state index is 0.0567. The summed E-state index contributed by atoms with van der Waals surface area (Å²) < 4.78 is 47.8. The second-order valence-electron chi connectivity index (χ2n) is 13.2. The first-order valence-corrected chi connectivity index (χ1v) is 14.9. The van der Waals surface area contributed by atoms with Crippen LogP contribution in [0.15, 0.2) is 23.1 Å². The fourth-order valence-electron chi connectivity index (χ4n) is 5.25. The monoisotopic (exact) mass is 617 g/mol. The molecule has 1 saturated carbocycles. The quantitative estimate of drug-likeness (QED) is 0.295. The van der Waals surface area contributed by atoms with Crippen molar-refractivity contribution in [3.8, 4) is 0 Å². The van der Waals surface area contributed by atoms with Crippen LogP contribution in [0.5, 0.6) is 0 Å².